The highest BCUT2D eigenvalue weighted by Gasteiger charge is 2.02. The van der Waals surface area contributed by atoms with E-state index in [-0.39, 0.29) is 0 Å². The number of hydrogen-bond donors (Lipinski definition) is 1. The largest absolute Gasteiger partial charge is 0.468 e. The number of hydrogen-bond acceptors (Lipinski definition) is 3. The molecule has 1 heterocycles. The van der Waals surface area contributed by atoms with Crippen LogP contribution in [0, 0.1) is 6.92 Å². The van der Waals surface area contributed by atoms with Gasteiger partial charge in [-0.3, -0.25) is 0 Å². The lowest BCUT2D eigenvalue weighted by molar-refractivity contribution is 0.530. The molecule has 19 heavy (non-hydrogen) atoms. The van der Waals surface area contributed by atoms with E-state index in [1.54, 1.807) is 6.26 Å². The minimum Gasteiger partial charge on any atom is -0.468 e. The van der Waals surface area contributed by atoms with E-state index in [4.69, 9.17) is 4.42 Å². The molecule has 0 radical (unpaired) electrons. The minimum atomic E-state index is 0.889. The van der Waals surface area contributed by atoms with E-state index in [1.165, 1.54) is 22.4 Å². The van der Waals surface area contributed by atoms with Gasteiger partial charge in [-0.1, -0.05) is 13.0 Å². The Labute approximate surface area is 119 Å². The zero-order chi connectivity index (χ0) is 13.5. The Balaban J connectivity index is 1.90. The molecule has 0 aliphatic heterocycles. The van der Waals surface area contributed by atoms with Gasteiger partial charge in [-0.05, 0) is 55.3 Å². The Kier molecular flexibility index (Phi) is 5.55. The second-order valence-electron chi connectivity index (χ2n) is 4.63. The van der Waals surface area contributed by atoms with Gasteiger partial charge in [0.2, 0.25) is 0 Å². The first-order chi connectivity index (χ1) is 9.29. The number of nitrogens with one attached hydrogen (secondary N) is 1. The van der Waals surface area contributed by atoms with Crippen LogP contribution in [0.4, 0.5) is 0 Å². The molecule has 0 atom stereocenters. The highest BCUT2D eigenvalue weighted by atomic mass is 32.2. The highest BCUT2D eigenvalue weighted by molar-refractivity contribution is 7.98. The van der Waals surface area contributed by atoms with Gasteiger partial charge in [0.05, 0.1) is 12.0 Å². The molecule has 0 unspecified atom stereocenters. The third-order valence-electron chi connectivity index (χ3n) is 3.02. The fourth-order valence-corrected chi connectivity index (χ4v) is 2.80. The van der Waals surface area contributed by atoms with Gasteiger partial charge in [-0.15, -0.1) is 11.8 Å². The van der Waals surface area contributed by atoms with Crippen LogP contribution in [0.15, 0.2) is 45.9 Å². The summed E-state index contributed by atoms with van der Waals surface area (Å²) < 4.78 is 5.34. The monoisotopic (exact) mass is 275 g/mol. The molecule has 2 nitrogen and oxygen atoms in total. The highest BCUT2D eigenvalue weighted by Crippen LogP contribution is 2.25. The first kappa shape index (κ1) is 14.2. The van der Waals surface area contributed by atoms with Crippen molar-refractivity contribution in [2.75, 3.05) is 6.54 Å². The summed E-state index contributed by atoms with van der Waals surface area (Å²) in [4.78, 5) is 1.30. The van der Waals surface area contributed by atoms with Crippen molar-refractivity contribution in [2.24, 2.45) is 0 Å². The van der Waals surface area contributed by atoms with E-state index in [1.807, 2.05) is 23.9 Å². The van der Waals surface area contributed by atoms with Crippen LogP contribution in [-0.4, -0.2) is 6.54 Å². The van der Waals surface area contributed by atoms with Crippen molar-refractivity contribution < 1.29 is 4.42 Å². The Morgan fingerprint density at radius 1 is 1.26 bits per heavy atom. The maximum atomic E-state index is 5.34. The van der Waals surface area contributed by atoms with Crippen LogP contribution in [0.3, 0.4) is 0 Å². The fourth-order valence-electron chi connectivity index (χ4n) is 1.91. The van der Waals surface area contributed by atoms with Crippen LogP contribution in [0.5, 0.6) is 0 Å². The van der Waals surface area contributed by atoms with E-state index >= 15 is 0 Å². The van der Waals surface area contributed by atoms with Crippen LogP contribution < -0.4 is 5.32 Å². The molecule has 1 aromatic heterocycles. The van der Waals surface area contributed by atoms with Gasteiger partial charge in [0.1, 0.15) is 5.76 Å². The number of furan rings is 1. The molecule has 1 N–H and O–H groups in total. The van der Waals surface area contributed by atoms with E-state index in [0.717, 1.165) is 24.6 Å². The zero-order valence-electron chi connectivity index (χ0n) is 11.6. The molecular weight excluding hydrogens is 254 g/mol. The molecule has 2 aromatic rings. The molecule has 102 valence electrons. The van der Waals surface area contributed by atoms with E-state index < -0.39 is 0 Å². The summed E-state index contributed by atoms with van der Waals surface area (Å²) in [5.74, 6) is 1.91. The summed E-state index contributed by atoms with van der Waals surface area (Å²) in [5.41, 5.74) is 2.74. The van der Waals surface area contributed by atoms with Crippen molar-refractivity contribution in [2.45, 2.75) is 37.5 Å². The van der Waals surface area contributed by atoms with Gasteiger partial charge in [-0.25, -0.2) is 0 Å². The topological polar surface area (TPSA) is 25.2 Å². The summed E-state index contributed by atoms with van der Waals surface area (Å²) in [7, 11) is 0. The van der Waals surface area contributed by atoms with Crippen LogP contribution in [0.1, 0.15) is 30.2 Å². The van der Waals surface area contributed by atoms with Crippen LogP contribution in [0.25, 0.3) is 0 Å². The predicted octanol–water partition coefficient (Wildman–Crippen LogP) is 4.38. The molecule has 2 rings (SSSR count). The lowest BCUT2D eigenvalue weighted by Crippen LogP contribution is -2.14. The zero-order valence-corrected chi connectivity index (χ0v) is 12.4. The van der Waals surface area contributed by atoms with Crippen molar-refractivity contribution in [3.63, 3.8) is 0 Å². The summed E-state index contributed by atoms with van der Waals surface area (Å²) in [5, 5.41) is 3.44. The number of rotatable bonds is 7. The molecule has 0 aliphatic rings. The lowest BCUT2D eigenvalue weighted by atomic mass is 10.1. The van der Waals surface area contributed by atoms with Gasteiger partial charge >= 0.3 is 0 Å². The van der Waals surface area contributed by atoms with Crippen molar-refractivity contribution in [1.29, 1.82) is 0 Å². The summed E-state index contributed by atoms with van der Waals surface area (Å²) in [6.45, 7) is 6.41. The molecule has 0 aliphatic carbocycles. The third kappa shape index (κ3) is 4.44. The summed E-state index contributed by atoms with van der Waals surface area (Å²) in [6, 6.07) is 10.6. The quantitative estimate of drug-likeness (QED) is 0.599. The van der Waals surface area contributed by atoms with Crippen LogP contribution >= 0.6 is 11.8 Å². The smallest absolute Gasteiger partial charge is 0.113 e. The Bertz CT molecular complexity index is 493. The van der Waals surface area contributed by atoms with Gasteiger partial charge < -0.3 is 9.73 Å². The normalized spacial score (nSPS) is 10.8. The number of aryl methyl sites for hydroxylation is 1. The average Bonchev–Trinajstić information content (AvgIpc) is 2.92. The number of benzene rings is 1. The van der Waals surface area contributed by atoms with E-state index in [9.17, 15) is 0 Å². The maximum absolute atomic E-state index is 5.34. The standard InChI is InChI=1S/C16H21NOS/c1-3-8-17-11-14-6-7-16(10-13(14)2)19-12-15-5-4-9-18-15/h4-7,9-10,17H,3,8,11-12H2,1-2H3. The first-order valence-electron chi connectivity index (χ1n) is 6.75. The molecule has 0 fully saturated rings. The van der Waals surface area contributed by atoms with Crippen LogP contribution in [-0.2, 0) is 12.3 Å². The molecular formula is C16H21NOS. The second kappa shape index (κ2) is 7.41. The third-order valence-corrected chi connectivity index (χ3v) is 4.03. The Morgan fingerprint density at radius 3 is 2.84 bits per heavy atom. The van der Waals surface area contributed by atoms with Crippen molar-refractivity contribution in [1.82, 2.24) is 5.32 Å². The average molecular weight is 275 g/mol. The first-order valence-corrected chi connectivity index (χ1v) is 7.73. The van der Waals surface area contributed by atoms with Gasteiger partial charge in [-0.2, -0.15) is 0 Å². The molecule has 1 aromatic carbocycles. The summed E-state index contributed by atoms with van der Waals surface area (Å²) >= 11 is 1.82. The molecule has 0 amide bonds. The lowest BCUT2D eigenvalue weighted by Gasteiger charge is -2.09. The molecule has 3 heteroatoms. The van der Waals surface area contributed by atoms with E-state index in [2.05, 4.69) is 37.4 Å². The molecule has 0 bridgehead atoms. The van der Waals surface area contributed by atoms with Gasteiger partial charge in [0.25, 0.3) is 0 Å². The van der Waals surface area contributed by atoms with Crippen molar-refractivity contribution in [3.05, 3.63) is 53.5 Å². The van der Waals surface area contributed by atoms with Crippen molar-refractivity contribution >= 4 is 11.8 Å². The minimum absolute atomic E-state index is 0.889. The summed E-state index contributed by atoms with van der Waals surface area (Å²) in [6.07, 6.45) is 2.90. The Morgan fingerprint density at radius 2 is 2.16 bits per heavy atom. The van der Waals surface area contributed by atoms with Crippen molar-refractivity contribution in [3.8, 4) is 0 Å². The maximum Gasteiger partial charge on any atom is 0.113 e. The SMILES string of the molecule is CCCNCc1ccc(SCc2ccco2)cc1C. The van der Waals surface area contributed by atoms with Gasteiger partial charge in [0, 0.05) is 11.4 Å². The molecule has 0 saturated heterocycles. The second-order valence-corrected chi connectivity index (χ2v) is 5.68. The number of thioether (sulfide) groups is 1. The van der Waals surface area contributed by atoms with Crippen LogP contribution in [0.2, 0.25) is 0 Å². The molecule has 0 spiro atoms. The fraction of sp³-hybridized carbons (Fsp3) is 0.375. The van der Waals surface area contributed by atoms with Gasteiger partial charge in [0.15, 0.2) is 0 Å². The molecule has 0 saturated carbocycles. The Hall–Kier alpha value is -1.19. The van der Waals surface area contributed by atoms with E-state index in [0.29, 0.717) is 0 Å². The predicted molar refractivity (Wildman–Crippen MR) is 81.4 cm³/mol.